The zero-order chi connectivity index (χ0) is 18.5. The van der Waals surface area contributed by atoms with Crippen molar-refractivity contribution in [2.24, 2.45) is 0 Å². The van der Waals surface area contributed by atoms with E-state index in [1.54, 1.807) is 7.11 Å². The van der Waals surface area contributed by atoms with E-state index in [0.29, 0.717) is 29.6 Å². The highest BCUT2D eigenvalue weighted by molar-refractivity contribution is 6.31. The second-order valence-corrected chi connectivity index (χ2v) is 6.68. The molecule has 0 aromatic heterocycles. The summed E-state index contributed by atoms with van der Waals surface area (Å²) in [6.07, 6.45) is 0. The maximum atomic E-state index is 12.8. The first-order valence-electron chi connectivity index (χ1n) is 8.62. The molecule has 0 saturated carbocycles. The van der Waals surface area contributed by atoms with Gasteiger partial charge in [-0.15, -0.1) is 0 Å². The lowest BCUT2D eigenvalue weighted by Gasteiger charge is -2.36. The van der Waals surface area contributed by atoms with Gasteiger partial charge in [-0.1, -0.05) is 35.9 Å². The summed E-state index contributed by atoms with van der Waals surface area (Å²) in [6, 6.07) is 13.2. The number of hydrogen-bond acceptors (Lipinski definition) is 4. The van der Waals surface area contributed by atoms with Gasteiger partial charge in [-0.3, -0.25) is 4.79 Å². The van der Waals surface area contributed by atoms with Crippen LogP contribution < -0.4 is 14.8 Å². The molecule has 0 radical (unpaired) electrons. The van der Waals surface area contributed by atoms with Gasteiger partial charge in [0.05, 0.1) is 13.2 Å². The molecule has 1 aliphatic heterocycles. The molecule has 1 atom stereocenters. The van der Waals surface area contributed by atoms with Crippen molar-refractivity contribution in [1.29, 1.82) is 0 Å². The van der Waals surface area contributed by atoms with Gasteiger partial charge in [0.2, 0.25) is 0 Å². The summed E-state index contributed by atoms with van der Waals surface area (Å²) in [5, 5.41) is 4.00. The standard InChI is InChI=1S/C20H23ClN2O3/c1-14-7-8-18(19(11-14)25-2)26-13-20(24)23-10-9-22-12-17(23)15-5-3-4-6-16(15)21/h3-8,11,17,22H,9-10,12-13H2,1-2H3. The molecule has 5 nitrogen and oxygen atoms in total. The third-order valence-electron chi connectivity index (χ3n) is 4.50. The number of carbonyl (C=O) groups excluding carboxylic acids is 1. The molecule has 2 aromatic rings. The summed E-state index contributed by atoms with van der Waals surface area (Å²) in [6.45, 7) is 3.97. The van der Waals surface area contributed by atoms with Crippen molar-refractivity contribution in [3.63, 3.8) is 0 Å². The molecule has 1 unspecified atom stereocenters. The highest BCUT2D eigenvalue weighted by Gasteiger charge is 2.29. The number of methoxy groups -OCH3 is 1. The molecule has 0 aliphatic carbocycles. The van der Waals surface area contributed by atoms with Crippen molar-refractivity contribution in [2.75, 3.05) is 33.4 Å². The number of carbonyl (C=O) groups is 1. The maximum absolute atomic E-state index is 12.8. The number of aryl methyl sites for hydroxylation is 1. The Labute approximate surface area is 158 Å². The third kappa shape index (κ3) is 4.11. The predicted octanol–water partition coefficient (Wildman–Crippen LogP) is 3.21. The molecule has 6 heteroatoms. The zero-order valence-corrected chi connectivity index (χ0v) is 15.8. The van der Waals surface area contributed by atoms with Crippen LogP contribution in [-0.4, -0.2) is 44.2 Å². The fraction of sp³-hybridized carbons (Fsp3) is 0.350. The van der Waals surface area contributed by atoms with Gasteiger partial charge in [-0.2, -0.15) is 0 Å². The number of benzene rings is 2. The highest BCUT2D eigenvalue weighted by atomic mass is 35.5. The molecule has 2 aromatic carbocycles. The summed E-state index contributed by atoms with van der Waals surface area (Å²) in [5.41, 5.74) is 2.02. The van der Waals surface area contributed by atoms with Crippen molar-refractivity contribution in [3.8, 4) is 11.5 Å². The van der Waals surface area contributed by atoms with Gasteiger partial charge in [-0.05, 0) is 36.2 Å². The quantitative estimate of drug-likeness (QED) is 0.873. The fourth-order valence-corrected chi connectivity index (χ4v) is 3.40. The Balaban J connectivity index is 1.72. The van der Waals surface area contributed by atoms with Crippen molar-refractivity contribution >= 4 is 17.5 Å². The van der Waals surface area contributed by atoms with Crippen LogP contribution >= 0.6 is 11.6 Å². The molecule has 1 aliphatic rings. The predicted molar refractivity (Wildman–Crippen MR) is 102 cm³/mol. The first-order valence-corrected chi connectivity index (χ1v) is 9.00. The van der Waals surface area contributed by atoms with Gasteiger partial charge < -0.3 is 19.7 Å². The number of nitrogens with one attached hydrogen (secondary N) is 1. The minimum absolute atomic E-state index is 0.0413. The Morgan fingerprint density at radius 1 is 1.27 bits per heavy atom. The van der Waals surface area contributed by atoms with Crippen LogP contribution in [0.5, 0.6) is 11.5 Å². The van der Waals surface area contributed by atoms with E-state index in [4.69, 9.17) is 21.1 Å². The summed E-state index contributed by atoms with van der Waals surface area (Å²) in [5.74, 6) is 1.12. The molecule has 1 saturated heterocycles. The normalized spacial score (nSPS) is 17.0. The fourth-order valence-electron chi connectivity index (χ4n) is 3.14. The van der Waals surface area contributed by atoms with Crippen LogP contribution in [-0.2, 0) is 4.79 Å². The van der Waals surface area contributed by atoms with E-state index in [2.05, 4.69) is 5.32 Å². The van der Waals surface area contributed by atoms with E-state index >= 15 is 0 Å². The van der Waals surface area contributed by atoms with E-state index < -0.39 is 0 Å². The summed E-state index contributed by atoms with van der Waals surface area (Å²) in [7, 11) is 1.59. The number of halogens is 1. The molecule has 138 valence electrons. The van der Waals surface area contributed by atoms with E-state index in [-0.39, 0.29) is 18.6 Å². The van der Waals surface area contributed by atoms with Gasteiger partial charge >= 0.3 is 0 Å². The number of hydrogen-bond donors (Lipinski definition) is 1. The van der Waals surface area contributed by atoms with Crippen LogP contribution in [0.1, 0.15) is 17.2 Å². The Morgan fingerprint density at radius 3 is 2.85 bits per heavy atom. The average molecular weight is 375 g/mol. The molecule has 0 bridgehead atoms. The van der Waals surface area contributed by atoms with Crippen LogP contribution in [0.2, 0.25) is 5.02 Å². The number of piperazine rings is 1. The molecule has 0 spiro atoms. The van der Waals surface area contributed by atoms with Crippen LogP contribution in [0, 0.1) is 6.92 Å². The minimum atomic E-state index is -0.103. The summed E-state index contributed by atoms with van der Waals surface area (Å²) in [4.78, 5) is 14.7. The molecule has 1 heterocycles. The van der Waals surface area contributed by atoms with Crippen molar-refractivity contribution in [2.45, 2.75) is 13.0 Å². The lowest BCUT2D eigenvalue weighted by atomic mass is 10.0. The highest BCUT2D eigenvalue weighted by Crippen LogP contribution is 2.30. The second-order valence-electron chi connectivity index (χ2n) is 6.27. The molecular formula is C20H23ClN2O3. The molecule has 1 fully saturated rings. The van der Waals surface area contributed by atoms with Gasteiger partial charge in [-0.25, -0.2) is 0 Å². The minimum Gasteiger partial charge on any atom is -0.493 e. The third-order valence-corrected chi connectivity index (χ3v) is 4.84. The Bertz CT molecular complexity index is 781. The van der Waals surface area contributed by atoms with Gasteiger partial charge in [0.25, 0.3) is 5.91 Å². The summed E-state index contributed by atoms with van der Waals surface area (Å²) >= 11 is 6.34. The topological polar surface area (TPSA) is 50.8 Å². The monoisotopic (exact) mass is 374 g/mol. The number of nitrogens with zero attached hydrogens (tertiary/aromatic N) is 1. The largest absolute Gasteiger partial charge is 0.493 e. The van der Waals surface area contributed by atoms with E-state index in [1.165, 1.54) is 0 Å². The number of ether oxygens (including phenoxy) is 2. The molecular weight excluding hydrogens is 352 g/mol. The molecule has 1 N–H and O–H groups in total. The Hall–Kier alpha value is -2.24. The maximum Gasteiger partial charge on any atom is 0.261 e. The lowest BCUT2D eigenvalue weighted by molar-refractivity contribution is -0.136. The van der Waals surface area contributed by atoms with E-state index in [9.17, 15) is 4.79 Å². The van der Waals surface area contributed by atoms with Crippen LogP contribution in [0.15, 0.2) is 42.5 Å². The van der Waals surface area contributed by atoms with E-state index in [0.717, 1.165) is 17.7 Å². The lowest BCUT2D eigenvalue weighted by Crippen LogP contribution is -2.50. The average Bonchev–Trinajstić information content (AvgIpc) is 2.67. The Kier molecular flexibility index (Phi) is 6.01. The number of rotatable bonds is 5. The number of amides is 1. The van der Waals surface area contributed by atoms with Crippen LogP contribution in [0.4, 0.5) is 0 Å². The van der Waals surface area contributed by atoms with Crippen molar-refractivity contribution in [3.05, 3.63) is 58.6 Å². The summed E-state index contributed by atoms with van der Waals surface area (Å²) < 4.78 is 11.1. The van der Waals surface area contributed by atoms with Gasteiger partial charge in [0.15, 0.2) is 18.1 Å². The van der Waals surface area contributed by atoms with Crippen molar-refractivity contribution < 1.29 is 14.3 Å². The zero-order valence-electron chi connectivity index (χ0n) is 15.0. The molecule has 3 rings (SSSR count). The molecule has 1 amide bonds. The first-order chi connectivity index (χ1) is 12.6. The second kappa shape index (κ2) is 8.43. The van der Waals surface area contributed by atoms with Crippen molar-refractivity contribution in [1.82, 2.24) is 10.2 Å². The van der Waals surface area contributed by atoms with Crippen LogP contribution in [0.25, 0.3) is 0 Å². The molecule has 26 heavy (non-hydrogen) atoms. The van der Waals surface area contributed by atoms with Gasteiger partial charge in [0, 0.05) is 24.7 Å². The van der Waals surface area contributed by atoms with Crippen LogP contribution in [0.3, 0.4) is 0 Å². The Morgan fingerprint density at radius 2 is 2.08 bits per heavy atom. The van der Waals surface area contributed by atoms with E-state index in [1.807, 2.05) is 54.3 Å². The smallest absolute Gasteiger partial charge is 0.261 e. The first kappa shape index (κ1) is 18.5. The van der Waals surface area contributed by atoms with Gasteiger partial charge in [0.1, 0.15) is 0 Å². The SMILES string of the molecule is COc1cc(C)ccc1OCC(=O)N1CCNCC1c1ccccc1Cl.